The normalized spacial score (nSPS) is 11.6. The van der Waals surface area contributed by atoms with E-state index in [-0.39, 0.29) is 0 Å². The van der Waals surface area contributed by atoms with Crippen LogP contribution in [0.1, 0.15) is 0 Å². The Morgan fingerprint density at radius 3 is 1.56 bits per heavy atom. The minimum absolute atomic E-state index is 0.578. The van der Waals surface area contributed by atoms with Gasteiger partial charge in [0.05, 0.1) is 0 Å². The van der Waals surface area contributed by atoms with Crippen molar-refractivity contribution < 1.29 is 8.83 Å². The summed E-state index contributed by atoms with van der Waals surface area (Å²) in [7, 11) is 0. The van der Waals surface area contributed by atoms with E-state index in [0.29, 0.717) is 17.5 Å². The topological polar surface area (TPSA) is 65.0 Å². The van der Waals surface area contributed by atoms with Crippen LogP contribution < -0.4 is 0 Å². The Kier molecular flexibility index (Phi) is 8.78. The Morgan fingerprint density at radius 2 is 0.788 bits per heavy atom. The van der Waals surface area contributed by atoms with Crippen LogP contribution in [0.25, 0.3) is 133 Å². The van der Waals surface area contributed by atoms with Gasteiger partial charge >= 0.3 is 0 Å². The third-order valence-electron chi connectivity index (χ3n) is 12.7. The number of aromatic nitrogens is 3. The number of rotatable bonds is 7. The van der Waals surface area contributed by atoms with Gasteiger partial charge in [0.25, 0.3) is 0 Å². The molecule has 0 spiro atoms. The Morgan fingerprint density at radius 1 is 0.258 bits per heavy atom. The van der Waals surface area contributed by atoms with Crippen molar-refractivity contribution in [1.29, 1.82) is 0 Å². The first kappa shape index (κ1) is 37.6. The van der Waals surface area contributed by atoms with Crippen LogP contribution in [0.5, 0.6) is 0 Å². The molecule has 13 aromatic rings. The van der Waals surface area contributed by atoms with Crippen LogP contribution in [0.15, 0.2) is 233 Å². The molecule has 308 valence electrons. The molecule has 66 heavy (non-hydrogen) atoms. The summed E-state index contributed by atoms with van der Waals surface area (Å²) in [5.74, 6) is 1.75. The predicted molar refractivity (Wildman–Crippen MR) is 270 cm³/mol. The van der Waals surface area contributed by atoms with E-state index in [9.17, 15) is 0 Å². The maximum atomic E-state index is 6.50. The fourth-order valence-electron chi connectivity index (χ4n) is 9.65. The molecule has 0 saturated heterocycles. The lowest BCUT2D eigenvalue weighted by Crippen LogP contribution is -2.00. The van der Waals surface area contributed by atoms with Crippen molar-refractivity contribution in [1.82, 2.24) is 15.0 Å². The number of benzene rings is 10. The Hall–Kier alpha value is -8.93. The van der Waals surface area contributed by atoms with Gasteiger partial charge in [-0.3, -0.25) is 0 Å². The van der Waals surface area contributed by atoms with Gasteiger partial charge in [-0.1, -0.05) is 176 Å². The monoisotopic (exact) mass is 843 g/mol. The van der Waals surface area contributed by atoms with Crippen molar-refractivity contribution in [2.45, 2.75) is 0 Å². The Balaban J connectivity index is 1.05. The van der Waals surface area contributed by atoms with Gasteiger partial charge in [-0.05, 0) is 104 Å². The fourth-order valence-corrected chi connectivity index (χ4v) is 9.65. The van der Waals surface area contributed by atoms with Crippen LogP contribution in [-0.2, 0) is 0 Å². The van der Waals surface area contributed by atoms with Crippen molar-refractivity contribution in [2.75, 3.05) is 0 Å². The fraction of sp³-hybridized carbons (Fsp3) is 0. The lowest BCUT2D eigenvalue weighted by Gasteiger charge is -2.19. The summed E-state index contributed by atoms with van der Waals surface area (Å²) in [6.07, 6.45) is 0. The zero-order chi connectivity index (χ0) is 43.6. The molecule has 10 aromatic carbocycles. The molecule has 0 aliphatic rings. The molecule has 0 radical (unpaired) electrons. The van der Waals surface area contributed by atoms with Crippen LogP contribution in [0.4, 0.5) is 0 Å². The lowest BCUT2D eigenvalue weighted by molar-refractivity contribution is 0.668. The highest BCUT2D eigenvalue weighted by molar-refractivity contribution is 6.19. The summed E-state index contributed by atoms with van der Waals surface area (Å²) in [6.45, 7) is 0. The molecule has 0 bridgehead atoms. The Bertz CT molecular complexity index is 3990. The number of para-hydroxylation sites is 1. The molecular formula is C61H37N3O2. The second-order valence-corrected chi connectivity index (χ2v) is 16.7. The van der Waals surface area contributed by atoms with E-state index in [0.717, 1.165) is 105 Å². The minimum Gasteiger partial charge on any atom is -0.456 e. The molecule has 13 rings (SSSR count). The maximum Gasteiger partial charge on any atom is 0.164 e. The van der Waals surface area contributed by atoms with Crippen molar-refractivity contribution in [2.24, 2.45) is 0 Å². The highest BCUT2D eigenvalue weighted by atomic mass is 16.3. The molecular weight excluding hydrogens is 807 g/mol. The maximum absolute atomic E-state index is 6.50. The smallest absolute Gasteiger partial charge is 0.164 e. The van der Waals surface area contributed by atoms with Gasteiger partial charge in [0.1, 0.15) is 22.3 Å². The molecule has 0 saturated carbocycles. The van der Waals surface area contributed by atoms with Crippen molar-refractivity contribution in [3.05, 3.63) is 224 Å². The van der Waals surface area contributed by atoms with Gasteiger partial charge in [-0.15, -0.1) is 0 Å². The zero-order valence-electron chi connectivity index (χ0n) is 35.5. The lowest BCUT2D eigenvalue weighted by atomic mass is 9.84. The van der Waals surface area contributed by atoms with E-state index in [2.05, 4.69) is 164 Å². The van der Waals surface area contributed by atoms with E-state index >= 15 is 0 Å². The second-order valence-electron chi connectivity index (χ2n) is 16.7. The van der Waals surface area contributed by atoms with Crippen LogP contribution in [0.2, 0.25) is 0 Å². The molecule has 0 amide bonds. The highest BCUT2D eigenvalue weighted by Crippen LogP contribution is 2.46. The molecule has 0 fully saturated rings. The van der Waals surface area contributed by atoms with E-state index < -0.39 is 0 Å². The number of hydrogen-bond donors (Lipinski definition) is 0. The number of furan rings is 2. The number of nitrogens with zero attached hydrogens (tertiary/aromatic N) is 3. The van der Waals surface area contributed by atoms with Crippen molar-refractivity contribution >= 4 is 54.6 Å². The first-order chi connectivity index (χ1) is 32.7. The molecule has 0 aliphatic carbocycles. The van der Waals surface area contributed by atoms with E-state index in [1.54, 1.807) is 0 Å². The molecule has 0 N–H and O–H groups in total. The third kappa shape index (κ3) is 6.36. The first-order valence-electron chi connectivity index (χ1n) is 22.2. The molecule has 0 unspecified atom stereocenters. The average Bonchev–Trinajstić information content (AvgIpc) is 3.98. The van der Waals surface area contributed by atoms with Crippen molar-refractivity contribution in [3.63, 3.8) is 0 Å². The first-order valence-corrected chi connectivity index (χ1v) is 22.2. The van der Waals surface area contributed by atoms with Crippen LogP contribution >= 0.6 is 0 Å². The van der Waals surface area contributed by atoms with Gasteiger partial charge in [-0.2, -0.15) is 0 Å². The molecule has 3 heterocycles. The third-order valence-corrected chi connectivity index (χ3v) is 12.7. The van der Waals surface area contributed by atoms with Crippen LogP contribution in [0, 0.1) is 0 Å². The SMILES string of the molecule is c1ccc(-c2cc(-c3cccc(-c4nc(-c5ccccc5)nc(-c5cccc6oc7ccccc7c56)n4)c3)c(-c3ccccc3)c(-c3ccc4oc5ccc6ccccc6c5c4c3)c2)cc1. The number of hydrogen-bond acceptors (Lipinski definition) is 5. The van der Waals surface area contributed by atoms with Crippen molar-refractivity contribution in [3.8, 4) is 78.7 Å². The standard InChI is InChI=1S/C61H37N3O2/c1-4-16-38(17-5-1)45-36-49(56(40-19-6-2-7-20-40)50(37-45)43-31-32-53-51(35-43)57-46-25-11-10-18-39(46)30-33-55(57)66-53)42-23-14-24-44(34-42)60-62-59(41-21-8-3-9-22-41)63-61(64-60)48-27-15-29-54-58(48)47-26-12-13-28-52(47)65-54/h1-37H. The largest absolute Gasteiger partial charge is 0.456 e. The van der Waals surface area contributed by atoms with E-state index in [1.165, 1.54) is 10.8 Å². The Labute approximate surface area is 379 Å². The number of fused-ring (bicyclic) bond motifs is 8. The molecule has 5 nitrogen and oxygen atoms in total. The predicted octanol–water partition coefficient (Wildman–Crippen LogP) is 16.5. The van der Waals surface area contributed by atoms with E-state index in [1.807, 2.05) is 60.7 Å². The van der Waals surface area contributed by atoms with Gasteiger partial charge in [0.2, 0.25) is 0 Å². The zero-order valence-corrected chi connectivity index (χ0v) is 35.5. The summed E-state index contributed by atoms with van der Waals surface area (Å²) >= 11 is 0. The summed E-state index contributed by atoms with van der Waals surface area (Å²) in [6, 6.07) is 78.4. The summed E-state index contributed by atoms with van der Waals surface area (Å²) in [5, 5.41) is 6.57. The van der Waals surface area contributed by atoms with Gasteiger partial charge in [0.15, 0.2) is 17.5 Å². The molecule has 3 aromatic heterocycles. The van der Waals surface area contributed by atoms with Gasteiger partial charge in [0, 0.05) is 38.2 Å². The van der Waals surface area contributed by atoms with E-state index in [4.69, 9.17) is 23.8 Å². The summed E-state index contributed by atoms with van der Waals surface area (Å²) in [5.41, 5.74) is 14.9. The van der Waals surface area contributed by atoms with Gasteiger partial charge < -0.3 is 8.83 Å². The molecule has 5 heteroatoms. The van der Waals surface area contributed by atoms with Crippen LogP contribution in [0.3, 0.4) is 0 Å². The summed E-state index contributed by atoms with van der Waals surface area (Å²) < 4.78 is 12.8. The van der Waals surface area contributed by atoms with Crippen LogP contribution in [-0.4, -0.2) is 15.0 Å². The summed E-state index contributed by atoms with van der Waals surface area (Å²) in [4.78, 5) is 15.6. The second kappa shape index (κ2) is 15.4. The highest BCUT2D eigenvalue weighted by Gasteiger charge is 2.22. The average molecular weight is 844 g/mol. The quantitative estimate of drug-likeness (QED) is 0.160. The molecule has 0 atom stereocenters. The minimum atomic E-state index is 0.578. The van der Waals surface area contributed by atoms with Gasteiger partial charge in [-0.25, -0.2) is 15.0 Å². The molecule has 0 aliphatic heterocycles.